The Kier molecular flexibility index (Phi) is 13.5. The van der Waals surface area contributed by atoms with Gasteiger partial charge in [0.1, 0.15) is 18.1 Å². The van der Waals surface area contributed by atoms with Crippen LogP contribution < -0.4 is 32.7 Å². The van der Waals surface area contributed by atoms with Crippen molar-refractivity contribution in [3.05, 3.63) is 0 Å². The first-order chi connectivity index (χ1) is 16.5. The normalized spacial score (nSPS) is 17.5. The molecule has 1 heterocycles. The summed E-state index contributed by atoms with van der Waals surface area (Å²) in [5.41, 5.74) is 10.5. The van der Waals surface area contributed by atoms with Crippen LogP contribution in [0.5, 0.6) is 0 Å². The number of hydrogen-bond acceptors (Lipinski definition) is 8. The fourth-order valence-electron chi connectivity index (χ4n) is 3.37. The average molecular weight is 518 g/mol. The van der Waals surface area contributed by atoms with Gasteiger partial charge in [-0.25, -0.2) is 4.79 Å². The average Bonchev–Trinajstić information content (AvgIpc) is 3.32. The van der Waals surface area contributed by atoms with Crippen molar-refractivity contribution in [2.75, 3.05) is 25.1 Å². The van der Waals surface area contributed by atoms with Crippen LogP contribution in [0.3, 0.4) is 0 Å². The Morgan fingerprint density at radius 2 is 1.69 bits per heavy atom. The second-order valence-corrected chi connectivity index (χ2v) is 8.98. The molecule has 0 bridgehead atoms. The Morgan fingerprint density at radius 3 is 2.23 bits per heavy atom. The van der Waals surface area contributed by atoms with E-state index < -0.39 is 60.2 Å². The molecule has 15 heteroatoms. The molecule has 0 aromatic heterocycles. The lowest BCUT2D eigenvalue weighted by Gasteiger charge is -2.24. The van der Waals surface area contributed by atoms with Crippen LogP contribution in [0.1, 0.15) is 38.5 Å². The van der Waals surface area contributed by atoms with Crippen LogP contribution in [0.25, 0.3) is 0 Å². The summed E-state index contributed by atoms with van der Waals surface area (Å²) in [5, 5.41) is 28.9. The first-order valence-corrected chi connectivity index (χ1v) is 12.6. The van der Waals surface area contributed by atoms with Gasteiger partial charge in [0, 0.05) is 6.54 Å². The molecule has 1 rings (SSSR count). The van der Waals surface area contributed by atoms with E-state index in [1.54, 1.807) is 6.26 Å². The van der Waals surface area contributed by atoms with Crippen molar-refractivity contribution in [1.29, 1.82) is 0 Å². The monoisotopic (exact) mass is 517 g/mol. The van der Waals surface area contributed by atoms with Gasteiger partial charge < -0.3 is 42.9 Å². The summed E-state index contributed by atoms with van der Waals surface area (Å²) in [6, 6.07) is -4.30. The number of carbonyl (C=O) groups excluding carboxylic acids is 3. The molecule has 0 aromatic rings. The zero-order valence-electron chi connectivity index (χ0n) is 19.6. The summed E-state index contributed by atoms with van der Waals surface area (Å²) < 4.78 is 0. The van der Waals surface area contributed by atoms with Crippen molar-refractivity contribution in [2.45, 2.75) is 62.7 Å². The molecule has 0 aliphatic carbocycles. The molecule has 4 unspecified atom stereocenters. The van der Waals surface area contributed by atoms with Gasteiger partial charge >= 0.3 is 11.9 Å². The number of aliphatic carboxylic acids is 2. The minimum Gasteiger partial charge on any atom is -0.481 e. The molecule has 10 N–H and O–H groups in total. The summed E-state index contributed by atoms with van der Waals surface area (Å²) in [4.78, 5) is 64.7. The quantitative estimate of drug-likeness (QED) is 0.0607. The maximum atomic E-state index is 12.9. The first-order valence-electron chi connectivity index (χ1n) is 11.2. The lowest BCUT2D eigenvalue weighted by molar-refractivity contribution is -0.143. The fourth-order valence-corrected chi connectivity index (χ4v) is 3.85. The highest BCUT2D eigenvalue weighted by Crippen LogP contribution is 2.08. The molecular weight excluding hydrogens is 482 g/mol. The topological polar surface area (TPSA) is 238 Å². The number of nitrogens with one attached hydrogen (secondary N) is 4. The SMILES string of the molecule is CSCCC(NC(=O)C(CC(=O)O)NC(=O)C1CCCN1)C(=O)NC(CCCN=C(N)N)C(=O)O. The second kappa shape index (κ2) is 15.8. The van der Waals surface area contributed by atoms with E-state index >= 15 is 0 Å². The third kappa shape index (κ3) is 11.8. The summed E-state index contributed by atoms with van der Waals surface area (Å²) in [7, 11) is 0. The molecule has 0 spiro atoms. The van der Waals surface area contributed by atoms with Gasteiger partial charge in [-0.3, -0.25) is 24.2 Å². The van der Waals surface area contributed by atoms with E-state index in [0.717, 1.165) is 6.42 Å². The van der Waals surface area contributed by atoms with Gasteiger partial charge in [-0.05, 0) is 50.7 Å². The number of guanidine groups is 1. The van der Waals surface area contributed by atoms with E-state index in [1.807, 2.05) is 0 Å². The Morgan fingerprint density at radius 1 is 1.03 bits per heavy atom. The third-order valence-electron chi connectivity index (χ3n) is 5.19. The Balaban J connectivity index is 2.86. The van der Waals surface area contributed by atoms with Gasteiger partial charge in [0.15, 0.2) is 5.96 Å². The Bertz CT molecular complexity index is 786. The van der Waals surface area contributed by atoms with Gasteiger partial charge in [0.2, 0.25) is 17.7 Å². The molecule has 4 atom stereocenters. The standard InChI is InChI=1S/C20H35N7O7S/c1-35-9-6-12(17(31)26-13(19(33)34)5-3-8-24-20(21)22)25-18(32)14(10-15(28)29)27-16(30)11-4-2-7-23-11/h11-14,23H,2-10H2,1H3,(H,25,32)(H,26,31)(H,27,30)(H,28,29)(H,33,34)(H4,21,22,24). The summed E-state index contributed by atoms with van der Waals surface area (Å²) in [6.07, 6.45) is 2.96. The third-order valence-corrected chi connectivity index (χ3v) is 5.84. The molecule has 1 aliphatic rings. The zero-order valence-corrected chi connectivity index (χ0v) is 20.4. The molecule has 198 valence electrons. The number of hydrogen-bond donors (Lipinski definition) is 8. The number of carboxylic acids is 2. The van der Waals surface area contributed by atoms with Crippen molar-refractivity contribution < 1.29 is 34.2 Å². The predicted molar refractivity (Wildman–Crippen MR) is 130 cm³/mol. The summed E-state index contributed by atoms with van der Waals surface area (Å²) >= 11 is 1.41. The van der Waals surface area contributed by atoms with Crippen molar-refractivity contribution in [2.24, 2.45) is 16.5 Å². The van der Waals surface area contributed by atoms with Crippen LogP contribution in [-0.2, 0) is 24.0 Å². The van der Waals surface area contributed by atoms with Crippen molar-refractivity contribution >= 4 is 47.4 Å². The number of carbonyl (C=O) groups is 5. The van der Waals surface area contributed by atoms with E-state index in [9.17, 15) is 34.2 Å². The van der Waals surface area contributed by atoms with E-state index in [1.165, 1.54) is 11.8 Å². The van der Waals surface area contributed by atoms with Gasteiger partial charge in [0.25, 0.3) is 0 Å². The molecule has 0 saturated carbocycles. The molecular formula is C20H35N7O7S. The van der Waals surface area contributed by atoms with Gasteiger partial charge in [0.05, 0.1) is 12.5 Å². The van der Waals surface area contributed by atoms with Crippen LogP contribution in [0.15, 0.2) is 4.99 Å². The lowest BCUT2D eigenvalue weighted by atomic mass is 10.1. The number of rotatable bonds is 16. The second-order valence-electron chi connectivity index (χ2n) is 8.00. The molecule has 0 radical (unpaired) electrons. The van der Waals surface area contributed by atoms with Gasteiger partial charge in [-0.15, -0.1) is 0 Å². The number of amides is 3. The molecule has 1 fully saturated rings. The van der Waals surface area contributed by atoms with Crippen LogP contribution in [0.4, 0.5) is 0 Å². The number of carboxylic acid groups (broad SMARTS) is 2. The van der Waals surface area contributed by atoms with Crippen LogP contribution in [0.2, 0.25) is 0 Å². The summed E-state index contributed by atoms with van der Waals surface area (Å²) in [6.45, 7) is 0.822. The Labute approximate surface area is 207 Å². The van der Waals surface area contributed by atoms with Gasteiger partial charge in [-0.1, -0.05) is 0 Å². The largest absolute Gasteiger partial charge is 0.481 e. The van der Waals surface area contributed by atoms with Crippen molar-refractivity contribution in [3.63, 3.8) is 0 Å². The zero-order chi connectivity index (χ0) is 26.4. The number of thioether (sulfide) groups is 1. The number of nitrogens with zero attached hydrogens (tertiary/aromatic N) is 1. The molecule has 35 heavy (non-hydrogen) atoms. The lowest BCUT2D eigenvalue weighted by Crippen LogP contribution is -2.57. The van der Waals surface area contributed by atoms with E-state index in [0.29, 0.717) is 25.1 Å². The minimum atomic E-state index is -1.40. The van der Waals surface area contributed by atoms with E-state index in [4.69, 9.17) is 11.5 Å². The fraction of sp³-hybridized carbons (Fsp3) is 0.700. The van der Waals surface area contributed by atoms with Crippen LogP contribution in [0, 0.1) is 0 Å². The van der Waals surface area contributed by atoms with Crippen LogP contribution >= 0.6 is 11.8 Å². The van der Waals surface area contributed by atoms with Gasteiger partial charge in [-0.2, -0.15) is 11.8 Å². The minimum absolute atomic E-state index is 0.0487. The van der Waals surface area contributed by atoms with Crippen molar-refractivity contribution in [3.8, 4) is 0 Å². The predicted octanol–water partition coefficient (Wildman–Crippen LogP) is -2.44. The molecule has 14 nitrogen and oxygen atoms in total. The van der Waals surface area contributed by atoms with E-state index in [2.05, 4.69) is 26.3 Å². The smallest absolute Gasteiger partial charge is 0.326 e. The molecule has 1 saturated heterocycles. The maximum Gasteiger partial charge on any atom is 0.326 e. The highest BCUT2D eigenvalue weighted by Gasteiger charge is 2.32. The van der Waals surface area contributed by atoms with Crippen LogP contribution in [-0.4, -0.2) is 95.1 Å². The number of nitrogens with two attached hydrogens (primary N) is 2. The molecule has 1 aliphatic heterocycles. The number of aliphatic imine (C=N–C) groups is 1. The first kappa shape index (κ1) is 30.0. The molecule has 3 amide bonds. The summed E-state index contributed by atoms with van der Waals surface area (Å²) in [5.74, 6) is -4.32. The highest BCUT2D eigenvalue weighted by atomic mass is 32.2. The van der Waals surface area contributed by atoms with E-state index in [-0.39, 0.29) is 25.3 Å². The highest BCUT2D eigenvalue weighted by molar-refractivity contribution is 7.98. The maximum absolute atomic E-state index is 12.9. The van der Waals surface area contributed by atoms with Crippen molar-refractivity contribution in [1.82, 2.24) is 21.3 Å². The Hall–Kier alpha value is -3.07. The molecule has 0 aromatic carbocycles.